The van der Waals surface area contributed by atoms with Gasteiger partial charge in [0.1, 0.15) is 0 Å². The van der Waals surface area contributed by atoms with E-state index < -0.39 is 46.1 Å². The summed E-state index contributed by atoms with van der Waals surface area (Å²) in [4.78, 5) is 0. The molecule has 0 N–H and O–H groups in total. The SMILES string of the molecule is CC(C)COP(=S)(OC(C)C)SCc1c(F)c(F)c(F)c(F)c1F. The van der Waals surface area contributed by atoms with E-state index in [1.54, 1.807) is 13.8 Å². The van der Waals surface area contributed by atoms with Crippen LogP contribution in [0.3, 0.4) is 0 Å². The molecule has 1 atom stereocenters. The zero-order valence-corrected chi connectivity index (χ0v) is 16.1. The largest absolute Gasteiger partial charge is 0.321 e. The van der Waals surface area contributed by atoms with Crippen molar-refractivity contribution in [2.24, 2.45) is 5.92 Å². The highest BCUT2D eigenvalue weighted by Gasteiger charge is 2.29. The minimum Gasteiger partial charge on any atom is -0.321 e. The molecular formula is C14H18F5O2PS2. The van der Waals surface area contributed by atoms with Crippen molar-refractivity contribution in [3.05, 3.63) is 34.6 Å². The Morgan fingerprint density at radius 1 is 0.917 bits per heavy atom. The van der Waals surface area contributed by atoms with E-state index in [4.69, 9.17) is 20.9 Å². The quantitative estimate of drug-likeness (QED) is 0.229. The second-order valence-electron chi connectivity index (χ2n) is 5.61. The van der Waals surface area contributed by atoms with Gasteiger partial charge in [-0.2, -0.15) is 0 Å². The second-order valence-corrected chi connectivity index (χ2v) is 11.9. The van der Waals surface area contributed by atoms with Crippen LogP contribution < -0.4 is 0 Å². The first-order chi connectivity index (χ1) is 11.0. The summed E-state index contributed by atoms with van der Waals surface area (Å²) in [5.41, 5.74) is -3.94. The third-order valence-electron chi connectivity index (χ3n) is 2.57. The Balaban J connectivity index is 3.05. The molecule has 0 spiro atoms. The lowest BCUT2D eigenvalue weighted by Gasteiger charge is -2.24. The Morgan fingerprint density at radius 2 is 1.38 bits per heavy atom. The monoisotopic (exact) mass is 408 g/mol. The van der Waals surface area contributed by atoms with Crippen LogP contribution in [0.1, 0.15) is 33.3 Å². The van der Waals surface area contributed by atoms with E-state index in [1.165, 1.54) is 0 Å². The molecule has 24 heavy (non-hydrogen) atoms. The van der Waals surface area contributed by atoms with E-state index in [2.05, 4.69) is 0 Å². The molecule has 0 heterocycles. The third-order valence-corrected chi connectivity index (χ3v) is 7.89. The van der Waals surface area contributed by atoms with Crippen LogP contribution in [0.5, 0.6) is 0 Å². The molecule has 1 unspecified atom stereocenters. The Hall–Kier alpha value is -0.210. The summed E-state index contributed by atoms with van der Waals surface area (Å²) in [6.07, 6.45) is -0.313. The van der Waals surface area contributed by atoms with Gasteiger partial charge in [0.2, 0.25) is 11.5 Å². The Labute approximate surface area is 147 Å². The molecule has 0 fully saturated rings. The molecule has 1 rings (SSSR count). The molecule has 0 aromatic heterocycles. The predicted molar refractivity (Wildman–Crippen MR) is 88.8 cm³/mol. The highest BCUT2D eigenvalue weighted by molar-refractivity contribution is 8.67. The number of hydrogen-bond acceptors (Lipinski definition) is 4. The fraction of sp³-hybridized carbons (Fsp3) is 0.571. The first kappa shape index (κ1) is 21.8. The van der Waals surface area contributed by atoms with Gasteiger partial charge in [0.25, 0.3) is 0 Å². The zero-order chi connectivity index (χ0) is 18.7. The van der Waals surface area contributed by atoms with Crippen LogP contribution in [0.15, 0.2) is 0 Å². The van der Waals surface area contributed by atoms with Gasteiger partial charge in [0.05, 0.1) is 12.7 Å². The summed E-state index contributed by atoms with van der Waals surface area (Å²) >= 11 is 6.04. The maximum atomic E-state index is 13.7. The summed E-state index contributed by atoms with van der Waals surface area (Å²) in [5, 5.41) is 0. The van der Waals surface area contributed by atoms with Crippen LogP contribution in [0.4, 0.5) is 22.0 Å². The van der Waals surface area contributed by atoms with Crippen molar-refractivity contribution in [1.82, 2.24) is 0 Å². The van der Waals surface area contributed by atoms with Crippen LogP contribution in [-0.2, 0) is 26.6 Å². The number of hydrogen-bond donors (Lipinski definition) is 0. The summed E-state index contributed by atoms with van der Waals surface area (Å²) in [7, 11) is 0. The van der Waals surface area contributed by atoms with Gasteiger partial charge in [0, 0.05) is 11.3 Å². The summed E-state index contributed by atoms with van der Waals surface area (Å²) in [5.74, 6) is -10.3. The normalized spacial score (nSPS) is 14.5. The van der Waals surface area contributed by atoms with Crippen LogP contribution in [0.2, 0.25) is 0 Å². The standard InChI is InChI=1S/C14H18F5O2PS2/c1-7(2)5-20-22(23,21-8(3)4)24-6-9-10(15)12(17)14(19)13(18)11(9)16/h7-8H,5-6H2,1-4H3. The second kappa shape index (κ2) is 8.94. The van der Waals surface area contributed by atoms with Gasteiger partial charge in [-0.15, -0.1) is 0 Å². The molecule has 0 radical (unpaired) electrons. The van der Waals surface area contributed by atoms with Gasteiger partial charge in [0.15, 0.2) is 23.3 Å². The molecule has 0 amide bonds. The van der Waals surface area contributed by atoms with Crippen molar-refractivity contribution < 1.29 is 31.0 Å². The predicted octanol–water partition coefficient (Wildman–Crippen LogP) is 5.94. The van der Waals surface area contributed by atoms with E-state index >= 15 is 0 Å². The molecule has 0 aliphatic carbocycles. The Kier molecular flexibility index (Phi) is 8.13. The third kappa shape index (κ3) is 5.66. The van der Waals surface area contributed by atoms with Crippen LogP contribution in [-0.4, -0.2) is 12.7 Å². The number of benzene rings is 1. The van der Waals surface area contributed by atoms with Gasteiger partial charge in [-0.3, -0.25) is 0 Å². The first-order valence-corrected chi connectivity index (χ1v) is 11.3. The number of halogens is 5. The topological polar surface area (TPSA) is 18.5 Å². The minimum absolute atomic E-state index is 0.137. The smallest absolute Gasteiger partial charge is 0.247 e. The van der Waals surface area contributed by atoms with Crippen molar-refractivity contribution in [3.8, 4) is 0 Å². The molecular weight excluding hydrogens is 390 g/mol. The van der Waals surface area contributed by atoms with E-state index in [0.29, 0.717) is 0 Å². The fourth-order valence-corrected chi connectivity index (χ4v) is 6.39. The van der Waals surface area contributed by atoms with Gasteiger partial charge < -0.3 is 9.05 Å². The van der Waals surface area contributed by atoms with E-state index in [9.17, 15) is 22.0 Å². The Morgan fingerprint density at radius 3 is 1.79 bits per heavy atom. The highest BCUT2D eigenvalue weighted by atomic mass is 32.9. The molecule has 2 nitrogen and oxygen atoms in total. The summed E-state index contributed by atoms with van der Waals surface area (Å²) in [6, 6.07) is 0. The minimum atomic E-state index is -3.00. The molecule has 0 saturated carbocycles. The molecule has 0 aliphatic heterocycles. The van der Waals surface area contributed by atoms with Crippen LogP contribution in [0, 0.1) is 35.0 Å². The average molecular weight is 408 g/mol. The highest BCUT2D eigenvalue weighted by Crippen LogP contribution is 2.63. The summed E-state index contributed by atoms with van der Waals surface area (Å²) < 4.78 is 78.0. The Bertz CT molecular complexity index is 611. The van der Waals surface area contributed by atoms with Gasteiger partial charge in [-0.05, 0) is 31.6 Å². The molecule has 0 saturated heterocycles. The summed E-state index contributed by atoms with van der Waals surface area (Å²) in [6.45, 7) is 7.43. The van der Waals surface area contributed by atoms with Gasteiger partial charge >= 0.3 is 0 Å². The van der Waals surface area contributed by atoms with Crippen molar-refractivity contribution >= 4 is 28.9 Å². The van der Waals surface area contributed by atoms with Crippen molar-refractivity contribution in [2.45, 2.75) is 39.6 Å². The van der Waals surface area contributed by atoms with E-state index in [-0.39, 0.29) is 18.6 Å². The van der Waals surface area contributed by atoms with Crippen molar-refractivity contribution in [2.75, 3.05) is 6.61 Å². The lowest BCUT2D eigenvalue weighted by atomic mass is 10.2. The molecule has 138 valence electrons. The zero-order valence-electron chi connectivity index (χ0n) is 13.5. The average Bonchev–Trinajstić information content (AvgIpc) is 2.48. The first-order valence-electron chi connectivity index (χ1n) is 7.06. The van der Waals surface area contributed by atoms with Crippen LogP contribution >= 0.6 is 17.1 Å². The van der Waals surface area contributed by atoms with Crippen molar-refractivity contribution in [1.29, 1.82) is 0 Å². The molecule has 0 bridgehead atoms. The lowest BCUT2D eigenvalue weighted by molar-refractivity contribution is 0.201. The number of rotatable bonds is 8. The lowest BCUT2D eigenvalue weighted by Crippen LogP contribution is -2.08. The van der Waals surface area contributed by atoms with Gasteiger partial charge in [-0.25, -0.2) is 22.0 Å². The molecule has 0 aliphatic rings. The maximum Gasteiger partial charge on any atom is 0.247 e. The molecule has 1 aromatic rings. The molecule has 1 aromatic carbocycles. The maximum absolute atomic E-state index is 13.7. The van der Waals surface area contributed by atoms with Gasteiger partial charge in [-0.1, -0.05) is 25.2 Å². The van der Waals surface area contributed by atoms with E-state index in [1.807, 2.05) is 13.8 Å². The van der Waals surface area contributed by atoms with Crippen LogP contribution in [0.25, 0.3) is 0 Å². The fourth-order valence-electron chi connectivity index (χ4n) is 1.52. The van der Waals surface area contributed by atoms with Crippen molar-refractivity contribution in [3.63, 3.8) is 0 Å². The molecule has 10 heteroatoms. The van der Waals surface area contributed by atoms with E-state index in [0.717, 1.165) is 11.4 Å².